The molecule has 0 spiro atoms. The lowest BCUT2D eigenvalue weighted by Crippen LogP contribution is -2.37. The second-order valence-electron chi connectivity index (χ2n) is 9.00. The van der Waals surface area contributed by atoms with Crippen molar-refractivity contribution in [3.8, 4) is 0 Å². The van der Waals surface area contributed by atoms with Gasteiger partial charge in [-0.1, -0.05) is 78.1 Å². The minimum atomic E-state index is -0.662. The number of allylic oxidation sites excluding steroid dienone is 2. The summed E-state index contributed by atoms with van der Waals surface area (Å²) >= 11 is 18.9. The van der Waals surface area contributed by atoms with Gasteiger partial charge < -0.3 is 15.5 Å². The first kappa shape index (κ1) is 27.8. The van der Waals surface area contributed by atoms with E-state index in [4.69, 9.17) is 34.8 Å². The summed E-state index contributed by atoms with van der Waals surface area (Å²) in [6.45, 7) is 6.51. The summed E-state index contributed by atoms with van der Waals surface area (Å²) in [4.78, 5) is 29.9. The molecule has 1 heterocycles. The summed E-state index contributed by atoms with van der Waals surface area (Å²) in [5.74, 6) is -1.34. The van der Waals surface area contributed by atoms with Crippen LogP contribution in [0.5, 0.6) is 0 Å². The molecule has 0 radical (unpaired) electrons. The number of nitrogens with one attached hydrogen (secondary N) is 2. The summed E-state index contributed by atoms with van der Waals surface area (Å²) < 4.78 is 0. The normalized spacial score (nSPS) is 14.1. The zero-order valence-corrected chi connectivity index (χ0v) is 23.6. The monoisotopic (exact) mass is 567 g/mol. The van der Waals surface area contributed by atoms with Crippen molar-refractivity contribution in [2.75, 3.05) is 17.2 Å². The Morgan fingerprint density at radius 3 is 1.61 bits per heavy atom. The van der Waals surface area contributed by atoms with Crippen LogP contribution in [-0.2, 0) is 9.59 Å². The van der Waals surface area contributed by atoms with Crippen molar-refractivity contribution in [1.82, 2.24) is 4.90 Å². The fraction of sp³-hybridized carbons (Fsp3) is 0.200. The maximum atomic E-state index is 14.0. The molecule has 0 aromatic heterocycles. The van der Waals surface area contributed by atoms with Crippen LogP contribution in [0.1, 0.15) is 38.7 Å². The highest BCUT2D eigenvalue weighted by molar-refractivity contribution is 6.34. The van der Waals surface area contributed by atoms with Crippen LogP contribution in [0.3, 0.4) is 0 Å². The first-order valence-corrected chi connectivity index (χ1v) is 13.4. The van der Waals surface area contributed by atoms with Gasteiger partial charge in [0, 0.05) is 40.0 Å². The third-order valence-corrected chi connectivity index (χ3v) is 7.46. The highest BCUT2D eigenvalue weighted by Crippen LogP contribution is 2.43. The number of amides is 2. The van der Waals surface area contributed by atoms with Crippen molar-refractivity contribution in [2.45, 2.75) is 33.1 Å². The van der Waals surface area contributed by atoms with Gasteiger partial charge in [-0.2, -0.15) is 0 Å². The summed E-state index contributed by atoms with van der Waals surface area (Å²) in [6, 6.07) is 21.3. The minimum absolute atomic E-state index is 0.341. The maximum Gasteiger partial charge on any atom is 0.254 e. The lowest BCUT2D eigenvalue weighted by Gasteiger charge is -2.38. The Bertz CT molecular complexity index is 1350. The van der Waals surface area contributed by atoms with Crippen LogP contribution in [0.2, 0.25) is 15.1 Å². The van der Waals surface area contributed by atoms with Gasteiger partial charge >= 0.3 is 0 Å². The van der Waals surface area contributed by atoms with Gasteiger partial charge in [0.2, 0.25) is 0 Å². The van der Waals surface area contributed by atoms with Crippen LogP contribution in [0.15, 0.2) is 95.3 Å². The molecule has 0 atom stereocenters. The topological polar surface area (TPSA) is 61.4 Å². The second-order valence-corrected chi connectivity index (χ2v) is 10.3. The number of benzene rings is 3. The van der Waals surface area contributed by atoms with Crippen molar-refractivity contribution >= 4 is 58.0 Å². The number of carbonyl (C=O) groups is 2. The van der Waals surface area contributed by atoms with Crippen LogP contribution in [0.25, 0.3) is 0 Å². The van der Waals surface area contributed by atoms with Gasteiger partial charge in [0.05, 0.1) is 21.4 Å². The predicted octanol–water partition coefficient (Wildman–Crippen LogP) is 8.28. The van der Waals surface area contributed by atoms with Crippen LogP contribution in [0.4, 0.5) is 11.4 Å². The molecule has 0 fully saturated rings. The Kier molecular flexibility index (Phi) is 8.83. The van der Waals surface area contributed by atoms with E-state index in [0.29, 0.717) is 44.1 Å². The lowest BCUT2D eigenvalue weighted by atomic mass is 9.78. The van der Waals surface area contributed by atoms with E-state index in [-0.39, 0.29) is 11.8 Å². The van der Waals surface area contributed by atoms with Crippen molar-refractivity contribution in [3.05, 3.63) is 116 Å². The fourth-order valence-corrected chi connectivity index (χ4v) is 5.24. The van der Waals surface area contributed by atoms with E-state index < -0.39 is 5.92 Å². The number of halogens is 3. The molecule has 196 valence electrons. The van der Waals surface area contributed by atoms with E-state index >= 15 is 0 Å². The average molecular weight is 569 g/mol. The highest BCUT2D eigenvalue weighted by Gasteiger charge is 2.39. The van der Waals surface area contributed by atoms with E-state index in [1.165, 1.54) is 0 Å². The predicted molar refractivity (Wildman–Crippen MR) is 157 cm³/mol. The molecule has 4 rings (SSSR count). The number of anilines is 2. The SMILES string of the molecule is CCCN1C(C)=C(C(=O)Nc2ccccc2Cl)C(c2ccc(Cl)cc2)C(C(=O)Nc2ccccc2Cl)=C1C. The molecular weight excluding hydrogens is 541 g/mol. The third-order valence-electron chi connectivity index (χ3n) is 6.55. The van der Waals surface area contributed by atoms with E-state index in [1.54, 1.807) is 60.7 Å². The molecule has 8 heteroatoms. The summed E-state index contributed by atoms with van der Waals surface area (Å²) in [5, 5.41) is 7.32. The fourth-order valence-electron chi connectivity index (χ4n) is 4.75. The maximum absolute atomic E-state index is 14.0. The first-order valence-electron chi connectivity index (χ1n) is 12.3. The Balaban J connectivity index is 1.87. The molecule has 0 unspecified atom stereocenters. The molecular formula is C30H28Cl3N3O2. The van der Waals surface area contributed by atoms with Gasteiger partial charge in [0.1, 0.15) is 0 Å². The van der Waals surface area contributed by atoms with Crippen molar-refractivity contribution < 1.29 is 9.59 Å². The third kappa shape index (κ3) is 5.75. The zero-order chi connectivity index (χ0) is 27.4. The Morgan fingerprint density at radius 1 is 0.737 bits per heavy atom. The largest absolute Gasteiger partial charge is 0.348 e. The zero-order valence-electron chi connectivity index (χ0n) is 21.3. The molecule has 0 saturated carbocycles. The Hall–Kier alpha value is -3.25. The highest BCUT2D eigenvalue weighted by atomic mass is 35.5. The molecule has 0 bridgehead atoms. The molecule has 3 aromatic carbocycles. The lowest BCUT2D eigenvalue weighted by molar-refractivity contribution is -0.113. The average Bonchev–Trinajstić information content (AvgIpc) is 2.89. The number of hydrogen-bond donors (Lipinski definition) is 2. The van der Waals surface area contributed by atoms with Gasteiger partial charge in [0.15, 0.2) is 0 Å². The molecule has 0 saturated heterocycles. The number of carbonyl (C=O) groups excluding carboxylic acids is 2. The van der Waals surface area contributed by atoms with Gasteiger partial charge in [-0.05, 0) is 62.2 Å². The van der Waals surface area contributed by atoms with Crippen molar-refractivity contribution in [3.63, 3.8) is 0 Å². The number of para-hydroxylation sites is 2. The minimum Gasteiger partial charge on any atom is -0.348 e. The smallest absolute Gasteiger partial charge is 0.254 e. The number of hydrogen-bond acceptors (Lipinski definition) is 3. The quantitative estimate of drug-likeness (QED) is 0.301. The molecule has 0 aliphatic carbocycles. The number of rotatable bonds is 7. The molecule has 38 heavy (non-hydrogen) atoms. The van der Waals surface area contributed by atoms with Crippen LogP contribution in [-0.4, -0.2) is 23.3 Å². The van der Waals surface area contributed by atoms with Crippen LogP contribution >= 0.6 is 34.8 Å². The molecule has 2 N–H and O–H groups in total. The van der Waals surface area contributed by atoms with E-state index in [1.807, 2.05) is 30.9 Å². The van der Waals surface area contributed by atoms with Gasteiger partial charge in [-0.25, -0.2) is 0 Å². The van der Waals surface area contributed by atoms with Crippen molar-refractivity contribution in [2.24, 2.45) is 0 Å². The molecule has 3 aromatic rings. The first-order chi connectivity index (χ1) is 18.2. The van der Waals surface area contributed by atoms with Gasteiger partial charge in [0.25, 0.3) is 11.8 Å². The molecule has 5 nitrogen and oxygen atoms in total. The molecule has 1 aliphatic heterocycles. The van der Waals surface area contributed by atoms with Crippen molar-refractivity contribution in [1.29, 1.82) is 0 Å². The number of nitrogens with zero attached hydrogens (tertiary/aromatic N) is 1. The van der Waals surface area contributed by atoms with Gasteiger partial charge in [-0.15, -0.1) is 0 Å². The van der Waals surface area contributed by atoms with Crippen LogP contribution in [0, 0.1) is 0 Å². The molecule has 2 amide bonds. The summed E-state index contributed by atoms with van der Waals surface area (Å²) in [5.41, 5.74) is 4.18. The van der Waals surface area contributed by atoms with E-state index in [2.05, 4.69) is 17.6 Å². The van der Waals surface area contributed by atoms with Gasteiger partial charge in [-0.3, -0.25) is 9.59 Å². The second kappa shape index (κ2) is 12.1. The molecule has 1 aliphatic rings. The Morgan fingerprint density at radius 2 is 1.18 bits per heavy atom. The summed E-state index contributed by atoms with van der Waals surface area (Å²) in [7, 11) is 0. The standard InChI is InChI=1S/C30H28Cl3N3O2/c1-4-17-36-18(2)26(29(37)34-24-11-7-5-9-22(24)32)28(20-13-15-21(31)16-14-20)27(19(36)3)30(38)35-25-12-8-6-10-23(25)33/h5-16,28H,4,17H2,1-3H3,(H,34,37)(H,35,38). The Labute approximate surface area is 238 Å². The van der Waals surface area contributed by atoms with Crippen LogP contribution < -0.4 is 10.6 Å². The van der Waals surface area contributed by atoms with E-state index in [0.717, 1.165) is 23.4 Å². The van der Waals surface area contributed by atoms with E-state index in [9.17, 15) is 9.59 Å². The summed E-state index contributed by atoms with van der Waals surface area (Å²) in [6.07, 6.45) is 0.819.